The van der Waals surface area contributed by atoms with Gasteiger partial charge >= 0.3 is 5.97 Å². The molecule has 0 atom stereocenters. The summed E-state index contributed by atoms with van der Waals surface area (Å²) in [7, 11) is 0. The molecule has 1 N–H and O–H groups in total. The molecule has 1 aromatic carbocycles. The number of ether oxygens (including phenoxy) is 1. The number of fused-ring (bicyclic) bond motifs is 1. The van der Waals surface area contributed by atoms with Crippen molar-refractivity contribution < 1.29 is 9.53 Å². The minimum atomic E-state index is -0.207. The number of anilines is 1. The Labute approximate surface area is 95.1 Å². The van der Waals surface area contributed by atoms with Crippen molar-refractivity contribution in [2.45, 2.75) is 13.3 Å². The van der Waals surface area contributed by atoms with E-state index in [9.17, 15) is 4.79 Å². The van der Waals surface area contributed by atoms with E-state index in [1.54, 1.807) is 0 Å². The van der Waals surface area contributed by atoms with Crippen molar-refractivity contribution in [3.63, 3.8) is 0 Å². The zero-order valence-corrected chi connectivity index (χ0v) is 9.32. The van der Waals surface area contributed by atoms with Gasteiger partial charge in [-0.25, -0.2) is 4.79 Å². The SMILES string of the molecule is CCOC(=O)C1=Cc2ccccc2NCC1. The van der Waals surface area contributed by atoms with Crippen LogP contribution in [0.3, 0.4) is 0 Å². The summed E-state index contributed by atoms with van der Waals surface area (Å²) in [5, 5.41) is 3.29. The molecule has 1 aliphatic heterocycles. The van der Waals surface area contributed by atoms with Crippen LogP contribution >= 0.6 is 0 Å². The molecular weight excluding hydrogens is 202 g/mol. The van der Waals surface area contributed by atoms with Gasteiger partial charge in [0.1, 0.15) is 0 Å². The van der Waals surface area contributed by atoms with Crippen LogP contribution in [0.25, 0.3) is 6.08 Å². The molecular formula is C13H15NO2. The Morgan fingerprint density at radius 3 is 3.06 bits per heavy atom. The Morgan fingerprint density at radius 1 is 1.44 bits per heavy atom. The van der Waals surface area contributed by atoms with Crippen molar-refractivity contribution >= 4 is 17.7 Å². The molecule has 16 heavy (non-hydrogen) atoms. The fourth-order valence-electron chi connectivity index (χ4n) is 1.76. The van der Waals surface area contributed by atoms with Gasteiger partial charge in [0.25, 0.3) is 0 Å². The van der Waals surface area contributed by atoms with E-state index in [1.165, 1.54) is 0 Å². The lowest BCUT2D eigenvalue weighted by atomic mass is 10.1. The molecule has 0 saturated carbocycles. The standard InChI is InChI=1S/C13H15NO2/c1-2-16-13(15)11-7-8-14-12-6-4-3-5-10(12)9-11/h3-6,9,14H,2,7-8H2,1H3. The molecule has 1 heterocycles. The molecule has 0 saturated heterocycles. The van der Waals surface area contributed by atoms with Crippen LogP contribution in [0, 0.1) is 0 Å². The Morgan fingerprint density at radius 2 is 2.25 bits per heavy atom. The summed E-state index contributed by atoms with van der Waals surface area (Å²) < 4.78 is 5.02. The highest BCUT2D eigenvalue weighted by Crippen LogP contribution is 2.23. The van der Waals surface area contributed by atoms with Crippen LogP contribution in [0.2, 0.25) is 0 Å². The normalized spacial score (nSPS) is 14.2. The number of esters is 1. The Bertz CT molecular complexity index is 424. The van der Waals surface area contributed by atoms with Crippen LogP contribution in [0.5, 0.6) is 0 Å². The smallest absolute Gasteiger partial charge is 0.334 e. The highest BCUT2D eigenvalue weighted by molar-refractivity contribution is 5.95. The highest BCUT2D eigenvalue weighted by Gasteiger charge is 2.14. The zero-order valence-electron chi connectivity index (χ0n) is 9.32. The molecule has 0 radical (unpaired) electrons. The van der Waals surface area contributed by atoms with E-state index in [-0.39, 0.29) is 5.97 Å². The minimum Gasteiger partial charge on any atom is -0.463 e. The van der Waals surface area contributed by atoms with Gasteiger partial charge in [-0.05, 0) is 31.1 Å². The van der Waals surface area contributed by atoms with Gasteiger partial charge in [0.2, 0.25) is 0 Å². The summed E-state index contributed by atoms with van der Waals surface area (Å²) in [4.78, 5) is 11.6. The van der Waals surface area contributed by atoms with Gasteiger partial charge in [-0.1, -0.05) is 18.2 Å². The van der Waals surface area contributed by atoms with E-state index in [2.05, 4.69) is 5.32 Å². The van der Waals surface area contributed by atoms with E-state index in [1.807, 2.05) is 37.3 Å². The van der Waals surface area contributed by atoms with E-state index in [0.29, 0.717) is 13.0 Å². The predicted molar refractivity (Wildman–Crippen MR) is 64.2 cm³/mol. The molecule has 1 aliphatic rings. The first-order valence-corrected chi connectivity index (χ1v) is 5.52. The molecule has 0 aliphatic carbocycles. The zero-order chi connectivity index (χ0) is 11.4. The molecule has 3 heteroatoms. The third kappa shape index (κ3) is 2.24. The quantitative estimate of drug-likeness (QED) is 0.773. The number of benzene rings is 1. The van der Waals surface area contributed by atoms with Crippen LogP contribution in [0.4, 0.5) is 5.69 Å². The molecule has 3 nitrogen and oxygen atoms in total. The number of nitrogens with one attached hydrogen (secondary N) is 1. The summed E-state index contributed by atoms with van der Waals surface area (Å²) in [5.74, 6) is -0.207. The second-order valence-corrected chi connectivity index (χ2v) is 3.65. The van der Waals surface area contributed by atoms with Crippen LogP contribution in [-0.4, -0.2) is 19.1 Å². The molecule has 0 amide bonds. The van der Waals surface area contributed by atoms with Crippen molar-refractivity contribution in [2.24, 2.45) is 0 Å². The molecule has 1 aromatic rings. The lowest BCUT2D eigenvalue weighted by Gasteiger charge is -2.04. The van der Waals surface area contributed by atoms with E-state index in [0.717, 1.165) is 23.4 Å². The maximum atomic E-state index is 11.6. The Kier molecular flexibility index (Phi) is 3.25. The number of hydrogen-bond donors (Lipinski definition) is 1. The Balaban J connectivity index is 2.29. The van der Waals surface area contributed by atoms with Crippen molar-refractivity contribution in [1.82, 2.24) is 0 Å². The lowest BCUT2D eigenvalue weighted by molar-refractivity contribution is -0.138. The monoisotopic (exact) mass is 217 g/mol. The fraction of sp³-hybridized carbons (Fsp3) is 0.308. The first-order valence-electron chi connectivity index (χ1n) is 5.52. The fourth-order valence-corrected chi connectivity index (χ4v) is 1.76. The third-order valence-electron chi connectivity index (χ3n) is 2.54. The first-order chi connectivity index (χ1) is 7.81. The van der Waals surface area contributed by atoms with Gasteiger partial charge in [0.15, 0.2) is 0 Å². The maximum Gasteiger partial charge on any atom is 0.334 e. The largest absolute Gasteiger partial charge is 0.463 e. The topological polar surface area (TPSA) is 38.3 Å². The van der Waals surface area contributed by atoms with Crippen molar-refractivity contribution in [3.8, 4) is 0 Å². The van der Waals surface area contributed by atoms with E-state index < -0.39 is 0 Å². The maximum absolute atomic E-state index is 11.6. The predicted octanol–water partition coefficient (Wildman–Crippen LogP) is 2.45. The first kappa shape index (κ1) is 10.7. The number of hydrogen-bond acceptors (Lipinski definition) is 3. The minimum absolute atomic E-state index is 0.207. The van der Waals surface area contributed by atoms with Crippen molar-refractivity contribution in [2.75, 3.05) is 18.5 Å². The summed E-state index contributed by atoms with van der Waals surface area (Å²) in [5.41, 5.74) is 2.85. The molecule has 84 valence electrons. The average Bonchev–Trinajstić information content (AvgIpc) is 2.51. The summed E-state index contributed by atoms with van der Waals surface area (Å²) >= 11 is 0. The Hall–Kier alpha value is -1.77. The van der Waals surface area contributed by atoms with Crippen molar-refractivity contribution in [3.05, 3.63) is 35.4 Å². The van der Waals surface area contributed by atoms with Crippen LogP contribution in [-0.2, 0) is 9.53 Å². The van der Waals surface area contributed by atoms with Crippen molar-refractivity contribution in [1.29, 1.82) is 0 Å². The summed E-state index contributed by atoms with van der Waals surface area (Å²) in [6.07, 6.45) is 2.61. The molecule has 0 aromatic heterocycles. The summed E-state index contributed by atoms with van der Waals surface area (Å²) in [6.45, 7) is 3.01. The van der Waals surface area contributed by atoms with Gasteiger partial charge in [-0.15, -0.1) is 0 Å². The number of carbonyl (C=O) groups is 1. The van der Waals surface area contributed by atoms with Crippen LogP contribution in [0.15, 0.2) is 29.8 Å². The molecule has 0 spiro atoms. The average molecular weight is 217 g/mol. The lowest BCUT2D eigenvalue weighted by Crippen LogP contribution is -2.09. The van der Waals surface area contributed by atoms with E-state index >= 15 is 0 Å². The second kappa shape index (κ2) is 4.84. The van der Waals surface area contributed by atoms with Crippen LogP contribution < -0.4 is 5.32 Å². The summed E-state index contributed by atoms with van der Waals surface area (Å²) in [6, 6.07) is 7.95. The molecule has 0 bridgehead atoms. The highest BCUT2D eigenvalue weighted by atomic mass is 16.5. The van der Waals surface area contributed by atoms with Gasteiger partial charge < -0.3 is 10.1 Å². The number of para-hydroxylation sites is 1. The molecule has 0 fully saturated rings. The second-order valence-electron chi connectivity index (χ2n) is 3.65. The molecule has 0 unspecified atom stereocenters. The number of carbonyl (C=O) groups excluding carboxylic acids is 1. The van der Waals surface area contributed by atoms with E-state index in [4.69, 9.17) is 4.74 Å². The van der Waals surface area contributed by atoms with Gasteiger partial charge in [-0.2, -0.15) is 0 Å². The van der Waals surface area contributed by atoms with Gasteiger partial charge in [-0.3, -0.25) is 0 Å². The van der Waals surface area contributed by atoms with Crippen LogP contribution in [0.1, 0.15) is 18.9 Å². The van der Waals surface area contributed by atoms with Gasteiger partial charge in [0.05, 0.1) is 6.61 Å². The van der Waals surface area contributed by atoms with Gasteiger partial charge in [0, 0.05) is 17.8 Å². The molecule has 2 rings (SSSR count). The third-order valence-corrected chi connectivity index (χ3v) is 2.54. The number of rotatable bonds is 2.